The fourth-order valence-electron chi connectivity index (χ4n) is 2.16. The molecule has 26 heavy (non-hydrogen) atoms. The number of nitrogens with zero attached hydrogens (tertiary/aromatic N) is 1. The van der Waals surface area contributed by atoms with Gasteiger partial charge in [-0.05, 0) is 42.3 Å². The molecule has 0 fully saturated rings. The van der Waals surface area contributed by atoms with E-state index in [9.17, 15) is 18.3 Å². The van der Waals surface area contributed by atoms with Crippen LogP contribution in [0.25, 0.3) is 0 Å². The highest BCUT2D eigenvalue weighted by atomic mass is 127. The van der Waals surface area contributed by atoms with Crippen molar-refractivity contribution in [3.05, 3.63) is 65.2 Å². The second kappa shape index (κ2) is 10.2. The van der Waals surface area contributed by atoms with Crippen molar-refractivity contribution in [1.82, 2.24) is 10.6 Å². The van der Waals surface area contributed by atoms with E-state index in [0.717, 1.165) is 17.7 Å². The number of guanidine groups is 1. The Morgan fingerprint density at radius 1 is 1.04 bits per heavy atom. The van der Waals surface area contributed by atoms with Crippen LogP contribution in [0.5, 0.6) is 5.75 Å². The summed E-state index contributed by atoms with van der Waals surface area (Å²) in [6.07, 6.45) is -4.36. The molecular weight excluding hydrogens is 458 g/mol. The Kier molecular flexibility index (Phi) is 8.70. The summed E-state index contributed by atoms with van der Waals surface area (Å²) in [6, 6.07) is 11.9. The average Bonchev–Trinajstić information content (AvgIpc) is 2.58. The van der Waals surface area contributed by atoms with Gasteiger partial charge in [0.25, 0.3) is 0 Å². The Bertz CT molecular complexity index is 718. The molecule has 2 aromatic carbocycles. The highest BCUT2D eigenvalue weighted by Crippen LogP contribution is 2.29. The number of aromatic hydroxyl groups is 1. The van der Waals surface area contributed by atoms with E-state index in [2.05, 4.69) is 15.6 Å². The SMILES string of the molecule is CCNC(=NCc1cccc(C(F)(F)F)c1)NCc1ccc(O)cc1.I. The zero-order valence-corrected chi connectivity index (χ0v) is 16.5. The quantitative estimate of drug-likeness (QED) is 0.341. The Labute approximate surface area is 167 Å². The van der Waals surface area contributed by atoms with Gasteiger partial charge in [0.15, 0.2) is 5.96 Å². The van der Waals surface area contributed by atoms with Crippen LogP contribution in [0, 0.1) is 0 Å². The van der Waals surface area contributed by atoms with Crippen molar-refractivity contribution in [2.45, 2.75) is 26.2 Å². The number of hydrogen-bond donors (Lipinski definition) is 3. The van der Waals surface area contributed by atoms with Gasteiger partial charge in [-0.25, -0.2) is 4.99 Å². The summed E-state index contributed by atoms with van der Waals surface area (Å²) in [6.45, 7) is 3.15. The number of phenols is 1. The van der Waals surface area contributed by atoms with Gasteiger partial charge in [-0.2, -0.15) is 13.2 Å². The van der Waals surface area contributed by atoms with E-state index in [0.29, 0.717) is 24.6 Å². The van der Waals surface area contributed by atoms with Crippen LogP contribution in [0.2, 0.25) is 0 Å². The summed E-state index contributed by atoms with van der Waals surface area (Å²) in [5, 5.41) is 15.4. The van der Waals surface area contributed by atoms with Crippen LogP contribution in [0.1, 0.15) is 23.6 Å². The molecule has 0 saturated heterocycles. The third kappa shape index (κ3) is 7.11. The zero-order chi connectivity index (χ0) is 18.3. The van der Waals surface area contributed by atoms with Crippen LogP contribution in [0.4, 0.5) is 13.2 Å². The maximum absolute atomic E-state index is 12.7. The number of benzene rings is 2. The Balaban J connectivity index is 0.00000338. The first-order chi connectivity index (χ1) is 11.9. The molecule has 2 aromatic rings. The molecule has 3 N–H and O–H groups in total. The lowest BCUT2D eigenvalue weighted by molar-refractivity contribution is -0.137. The van der Waals surface area contributed by atoms with Gasteiger partial charge in [-0.3, -0.25) is 0 Å². The summed E-state index contributed by atoms with van der Waals surface area (Å²) in [4.78, 5) is 4.32. The maximum atomic E-state index is 12.7. The predicted octanol–water partition coefficient (Wildman–Crippen LogP) is 4.28. The average molecular weight is 479 g/mol. The topological polar surface area (TPSA) is 56.7 Å². The summed E-state index contributed by atoms with van der Waals surface area (Å²) >= 11 is 0. The summed E-state index contributed by atoms with van der Waals surface area (Å²) in [5.74, 6) is 0.696. The third-order valence-electron chi connectivity index (χ3n) is 3.41. The minimum Gasteiger partial charge on any atom is -0.508 e. The van der Waals surface area contributed by atoms with Gasteiger partial charge >= 0.3 is 6.18 Å². The van der Waals surface area contributed by atoms with E-state index >= 15 is 0 Å². The number of rotatable bonds is 5. The van der Waals surface area contributed by atoms with E-state index in [4.69, 9.17) is 0 Å². The second-order valence-electron chi connectivity index (χ2n) is 5.41. The number of halogens is 4. The maximum Gasteiger partial charge on any atom is 0.416 e. The van der Waals surface area contributed by atoms with Crippen LogP contribution < -0.4 is 10.6 Å². The van der Waals surface area contributed by atoms with E-state index in [1.807, 2.05) is 6.92 Å². The first kappa shape index (κ1) is 22.1. The number of alkyl halides is 3. The van der Waals surface area contributed by atoms with Gasteiger partial charge in [0, 0.05) is 13.1 Å². The molecular formula is C18H21F3IN3O. The lowest BCUT2D eigenvalue weighted by Crippen LogP contribution is -2.36. The molecule has 8 heteroatoms. The molecule has 0 aromatic heterocycles. The smallest absolute Gasteiger partial charge is 0.416 e. The molecule has 0 atom stereocenters. The summed E-state index contributed by atoms with van der Waals surface area (Å²) in [7, 11) is 0. The van der Waals surface area contributed by atoms with E-state index < -0.39 is 11.7 Å². The molecule has 0 radical (unpaired) electrons. The van der Waals surface area contributed by atoms with Crippen molar-refractivity contribution in [2.24, 2.45) is 4.99 Å². The van der Waals surface area contributed by atoms with Crippen LogP contribution in [-0.2, 0) is 19.3 Å². The molecule has 0 aliphatic carbocycles. The number of nitrogens with one attached hydrogen (secondary N) is 2. The number of hydrogen-bond acceptors (Lipinski definition) is 2. The molecule has 0 spiro atoms. The van der Waals surface area contributed by atoms with Crippen molar-refractivity contribution in [2.75, 3.05) is 6.54 Å². The molecule has 0 heterocycles. The fourth-order valence-corrected chi connectivity index (χ4v) is 2.16. The summed E-state index contributed by atoms with van der Waals surface area (Å²) < 4.78 is 38.2. The van der Waals surface area contributed by atoms with Crippen molar-refractivity contribution in [3.8, 4) is 5.75 Å². The van der Waals surface area contributed by atoms with Gasteiger partial charge in [-0.1, -0.05) is 24.3 Å². The van der Waals surface area contributed by atoms with Crippen molar-refractivity contribution >= 4 is 29.9 Å². The van der Waals surface area contributed by atoms with Crippen molar-refractivity contribution < 1.29 is 18.3 Å². The monoisotopic (exact) mass is 479 g/mol. The van der Waals surface area contributed by atoms with Crippen LogP contribution in [0.15, 0.2) is 53.5 Å². The van der Waals surface area contributed by atoms with Crippen molar-refractivity contribution in [3.63, 3.8) is 0 Å². The normalized spacial score (nSPS) is 11.6. The Hall–Kier alpha value is -1.97. The standard InChI is InChI=1S/C18H20F3N3O.HI/c1-2-22-17(23-11-13-6-8-16(25)9-7-13)24-12-14-4-3-5-15(10-14)18(19,20)21;/h3-10,25H,2,11-12H2,1H3,(H2,22,23,24);1H. The lowest BCUT2D eigenvalue weighted by atomic mass is 10.1. The van der Waals surface area contributed by atoms with Gasteiger partial charge in [0.1, 0.15) is 5.75 Å². The van der Waals surface area contributed by atoms with Gasteiger partial charge in [0.05, 0.1) is 12.1 Å². The second-order valence-corrected chi connectivity index (χ2v) is 5.41. The van der Waals surface area contributed by atoms with Crippen LogP contribution >= 0.6 is 24.0 Å². The van der Waals surface area contributed by atoms with Gasteiger partial charge < -0.3 is 15.7 Å². The fraction of sp³-hybridized carbons (Fsp3) is 0.278. The molecule has 0 unspecified atom stereocenters. The third-order valence-corrected chi connectivity index (χ3v) is 3.41. The molecule has 2 rings (SSSR count). The van der Waals surface area contributed by atoms with E-state index in [1.165, 1.54) is 6.07 Å². The first-order valence-corrected chi connectivity index (χ1v) is 7.84. The van der Waals surface area contributed by atoms with Gasteiger partial charge in [-0.15, -0.1) is 24.0 Å². The highest BCUT2D eigenvalue weighted by Gasteiger charge is 2.30. The number of aliphatic imine (C=N–C) groups is 1. The predicted molar refractivity (Wildman–Crippen MR) is 107 cm³/mol. The first-order valence-electron chi connectivity index (χ1n) is 7.84. The summed E-state index contributed by atoms with van der Waals surface area (Å²) in [5.41, 5.74) is 0.751. The molecule has 142 valence electrons. The lowest BCUT2D eigenvalue weighted by Gasteiger charge is -2.12. The van der Waals surface area contributed by atoms with Gasteiger partial charge in [0.2, 0.25) is 0 Å². The molecule has 0 aliphatic rings. The molecule has 0 aliphatic heterocycles. The molecule has 0 bridgehead atoms. The molecule has 0 amide bonds. The Morgan fingerprint density at radius 3 is 2.35 bits per heavy atom. The van der Waals surface area contributed by atoms with Crippen LogP contribution in [0.3, 0.4) is 0 Å². The number of phenolic OH excluding ortho intramolecular Hbond substituents is 1. The molecule has 0 saturated carbocycles. The minimum absolute atomic E-state index is 0. The zero-order valence-electron chi connectivity index (χ0n) is 14.2. The van der Waals surface area contributed by atoms with E-state index in [1.54, 1.807) is 30.3 Å². The minimum atomic E-state index is -4.36. The highest BCUT2D eigenvalue weighted by molar-refractivity contribution is 14.0. The van der Waals surface area contributed by atoms with E-state index in [-0.39, 0.29) is 36.3 Å². The molecule has 4 nitrogen and oxygen atoms in total. The largest absolute Gasteiger partial charge is 0.508 e. The van der Waals surface area contributed by atoms with Crippen LogP contribution in [-0.4, -0.2) is 17.6 Å². The van der Waals surface area contributed by atoms with Crippen molar-refractivity contribution in [1.29, 1.82) is 0 Å². The Morgan fingerprint density at radius 2 is 1.73 bits per heavy atom.